The van der Waals surface area contributed by atoms with Gasteiger partial charge in [0.15, 0.2) is 5.83 Å². The highest BCUT2D eigenvalue weighted by molar-refractivity contribution is 14.1. The quantitative estimate of drug-likeness (QED) is 0.375. The van der Waals surface area contributed by atoms with Crippen LogP contribution in [0.2, 0.25) is 0 Å². The molecule has 0 nitrogen and oxygen atoms in total. The normalized spacial score (nSPS) is 15.1. The summed E-state index contributed by atoms with van der Waals surface area (Å²) >= 11 is 1.78. The number of hydrogen-bond donors (Lipinski definition) is 0. The van der Waals surface area contributed by atoms with Gasteiger partial charge < -0.3 is 0 Å². The minimum Gasteiger partial charge on any atom is -0.205 e. The summed E-state index contributed by atoms with van der Waals surface area (Å²) in [4.78, 5) is 0. The summed E-state index contributed by atoms with van der Waals surface area (Å²) in [7, 11) is 0. The molecular formula is C5H3F5I2. The maximum atomic E-state index is 12.3. The first kappa shape index (κ1) is 12.8. The van der Waals surface area contributed by atoms with E-state index in [2.05, 4.69) is 0 Å². The van der Waals surface area contributed by atoms with Crippen LogP contribution in [0.25, 0.3) is 0 Å². The maximum absolute atomic E-state index is 12.3. The van der Waals surface area contributed by atoms with Gasteiger partial charge in [0, 0.05) is 27.0 Å². The molecule has 0 aliphatic rings. The Morgan fingerprint density at radius 3 is 1.92 bits per heavy atom. The number of rotatable bonds is 3. The lowest BCUT2D eigenvalue weighted by atomic mass is 10.3. The maximum Gasteiger partial charge on any atom is 0.369 e. The summed E-state index contributed by atoms with van der Waals surface area (Å²) in [6.07, 6.45) is 0.424. The van der Waals surface area contributed by atoms with E-state index in [1.165, 1.54) is 0 Å². The molecule has 0 N–H and O–H groups in total. The fraction of sp³-hybridized carbons (Fsp3) is 0.600. The lowest BCUT2D eigenvalue weighted by molar-refractivity contribution is -0.124. The highest BCUT2D eigenvalue weighted by Gasteiger charge is 2.57. The van der Waals surface area contributed by atoms with Crippen molar-refractivity contribution in [3.05, 3.63) is 11.9 Å². The highest BCUT2D eigenvalue weighted by atomic mass is 127. The molecule has 0 rings (SSSR count). The van der Waals surface area contributed by atoms with Crippen molar-refractivity contribution in [1.82, 2.24) is 0 Å². The van der Waals surface area contributed by atoms with Crippen LogP contribution in [0, 0.1) is 0 Å². The molecule has 0 atom stereocenters. The molecule has 0 bridgehead atoms. The Morgan fingerprint density at radius 2 is 1.67 bits per heavy atom. The molecule has 0 aromatic carbocycles. The van der Waals surface area contributed by atoms with Gasteiger partial charge in [-0.3, -0.25) is 0 Å². The van der Waals surface area contributed by atoms with Gasteiger partial charge in [0.2, 0.25) is 0 Å². The van der Waals surface area contributed by atoms with E-state index in [9.17, 15) is 22.0 Å². The molecule has 0 saturated carbocycles. The summed E-state index contributed by atoms with van der Waals surface area (Å²) < 4.78 is 56.5. The minimum atomic E-state index is -4.71. The summed E-state index contributed by atoms with van der Waals surface area (Å²) in [5.74, 6) is -6.80. The van der Waals surface area contributed by atoms with Crippen LogP contribution in [0.15, 0.2) is 11.9 Å². The lowest BCUT2D eigenvalue weighted by Crippen LogP contribution is -2.35. The van der Waals surface area contributed by atoms with Gasteiger partial charge >= 0.3 is 9.85 Å². The van der Waals surface area contributed by atoms with E-state index in [1.54, 1.807) is 22.6 Å². The second-order valence-corrected chi connectivity index (χ2v) is 4.01. The molecule has 0 radical (unpaired) electrons. The molecule has 0 aliphatic carbocycles. The number of allylic oxidation sites excluding steroid dienone is 2. The van der Waals surface area contributed by atoms with Gasteiger partial charge in [-0.25, -0.2) is 4.39 Å². The van der Waals surface area contributed by atoms with Gasteiger partial charge in [0.05, 0.1) is 0 Å². The van der Waals surface area contributed by atoms with E-state index >= 15 is 0 Å². The third-order valence-corrected chi connectivity index (χ3v) is 2.03. The van der Waals surface area contributed by atoms with Gasteiger partial charge in [0.1, 0.15) is 0 Å². The first-order valence-corrected chi connectivity index (χ1v) is 5.20. The largest absolute Gasteiger partial charge is 0.369 e. The Morgan fingerprint density at radius 1 is 1.25 bits per heavy atom. The van der Waals surface area contributed by atoms with Crippen LogP contribution < -0.4 is 0 Å². The SMILES string of the molecule is F/C(=C\CI)C(F)(F)C(F)(F)I. The molecule has 0 fully saturated rings. The summed E-state index contributed by atoms with van der Waals surface area (Å²) in [6.45, 7) is 0. The Labute approximate surface area is 92.9 Å². The zero-order valence-electron chi connectivity index (χ0n) is 5.43. The van der Waals surface area contributed by atoms with Crippen molar-refractivity contribution < 1.29 is 22.0 Å². The predicted octanol–water partition coefficient (Wildman–Crippen LogP) is 3.94. The Kier molecular flexibility index (Phi) is 4.69. The molecule has 0 aliphatic heterocycles. The lowest BCUT2D eigenvalue weighted by Gasteiger charge is -2.19. The molecule has 0 amide bonds. The van der Waals surface area contributed by atoms with Gasteiger partial charge in [-0.2, -0.15) is 17.6 Å². The van der Waals surface area contributed by atoms with Crippen LogP contribution >= 0.6 is 45.2 Å². The van der Waals surface area contributed by atoms with Crippen molar-refractivity contribution in [3.8, 4) is 0 Å². The van der Waals surface area contributed by atoms with Crippen molar-refractivity contribution in [3.63, 3.8) is 0 Å². The van der Waals surface area contributed by atoms with Gasteiger partial charge in [0.25, 0.3) is 0 Å². The minimum absolute atomic E-state index is 0.0775. The molecule has 0 unspecified atom stereocenters. The van der Waals surface area contributed by atoms with E-state index < -0.39 is 15.7 Å². The molecule has 0 spiro atoms. The van der Waals surface area contributed by atoms with E-state index in [-0.39, 0.29) is 27.0 Å². The van der Waals surface area contributed by atoms with Crippen molar-refractivity contribution in [1.29, 1.82) is 0 Å². The van der Waals surface area contributed by atoms with Gasteiger partial charge in [-0.15, -0.1) is 0 Å². The molecule has 0 heterocycles. The molecule has 72 valence electrons. The van der Waals surface area contributed by atoms with Crippen LogP contribution in [-0.4, -0.2) is 14.3 Å². The zero-order chi connectivity index (χ0) is 9.99. The van der Waals surface area contributed by atoms with E-state index in [1.807, 2.05) is 0 Å². The van der Waals surface area contributed by atoms with Crippen LogP contribution in [0.5, 0.6) is 0 Å². The third-order valence-electron chi connectivity index (χ3n) is 0.912. The Balaban J connectivity index is 4.73. The topological polar surface area (TPSA) is 0 Å². The van der Waals surface area contributed by atoms with Crippen LogP contribution in [0.4, 0.5) is 22.0 Å². The third kappa shape index (κ3) is 2.96. The highest BCUT2D eigenvalue weighted by Crippen LogP contribution is 2.44. The molecule has 0 aromatic heterocycles. The average molecular weight is 412 g/mol. The predicted molar refractivity (Wildman–Crippen MR) is 52.0 cm³/mol. The Hall–Kier alpha value is 0.850. The fourth-order valence-electron chi connectivity index (χ4n) is 0.331. The molecule has 0 aromatic rings. The van der Waals surface area contributed by atoms with Crippen molar-refractivity contribution in [2.75, 3.05) is 4.43 Å². The van der Waals surface area contributed by atoms with Gasteiger partial charge in [-0.1, -0.05) is 22.6 Å². The summed E-state index contributed by atoms with van der Waals surface area (Å²) in [5, 5.41) is 0. The first-order chi connectivity index (χ1) is 5.23. The standard InChI is InChI=1S/C5H3F5I2/c6-3(1-2-11)4(7,8)5(9,10)12/h1H,2H2/b3-1-. The van der Waals surface area contributed by atoms with Gasteiger partial charge in [-0.05, 0) is 6.08 Å². The summed E-state index contributed by atoms with van der Waals surface area (Å²) in [5.41, 5.74) is 0. The summed E-state index contributed by atoms with van der Waals surface area (Å²) in [6, 6.07) is 0. The van der Waals surface area contributed by atoms with E-state index in [0.29, 0.717) is 6.08 Å². The van der Waals surface area contributed by atoms with Crippen molar-refractivity contribution >= 4 is 45.2 Å². The van der Waals surface area contributed by atoms with Crippen LogP contribution in [-0.2, 0) is 0 Å². The van der Waals surface area contributed by atoms with Crippen molar-refractivity contribution in [2.24, 2.45) is 0 Å². The zero-order valence-corrected chi connectivity index (χ0v) is 9.75. The van der Waals surface area contributed by atoms with Crippen LogP contribution in [0.3, 0.4) is 0 Å². The fourth-order valence-corrected chi connectivity index (χ4v) is 0.976. The average Bonchev–Trinajstić information content (AvgIpc) is 1.85. The first-order valence-electron chi connectivity index (χ1n) is 2.60. The number of alkyl halides is 6. The van der Waals surface area contributed by atoms with E-state index in [4.69, 9.17) is 0 Å². The van der Waals surface area contributed by atoms with E-state index in [0.717, 1.165) is 0 Å². The Bertz CT molecular complexity index is 183. The molecular weight excluding hydrogens is 409 g/mol. The second kappa shape index (κ2) is 4.38. The van der Waals surface area contributed by atoms with Crippen molar-refractivity contribution in [2.45, 2.75) is 9.85 Å². The number of halogens is 7. The molecule has 0 saturated heterocycles. The smallest absolute Gasteiger partial charge is 0.205 e. The second-order valence-electron chi connectivity index (χ2n) is 1.78. The number of hydrogen-bond acceptors (Lipinski definition) is 0. The molecule has 12 heavy (non-hydrogen) atoms. The van der Waals surface area contributed by atoms with Crippen LogP contribution in [0.1, 0.15) is 0 Å². The molecule has 7 heteroatoms. The monoisotopic (exact) mass is 412 g/mol.